The van der Waals surface area contributed by atoms with Crippen molar-refractivity contribution in [2.75, 3.05) is 7.11 Å². The number of carbonyl (C=O) groups is 1. The maximum atomic E-state index is 12.2. The Morgan fingerprint density at radius 2 is 1.68 bits per heavy atom. The van der Waals surface area contributed by atoms with Gasteiger partial charge in [-0.15, -0.1) is 0 Å². The second kappa shape index (κ2) is 6.39. The third-order valence-corrected chi connectivity index (χ3v) is 3.40. The van der Waals surface area contributed by atoms with Crippen molar-refractivity contribution in [1.82, 2.24) is 0 Å². The van der Waals surface area contributed by atoms with Gasteiger partial charge >= 0.3 is 0 Å². The molecule has 0 aromatic heterocycles. The highest BCUT2D eigenvalue weighted by molar-refractivity contribution is 6.01. The molecule has 5 heteroatoms. The smallest absolute Gasteiger partial charge is 0.170 e. The summed E-state index contributed by atoms with van der Waals surface area (Å²) in [6.07, 6.45) is 0.485. The lowest BCUT2D eigenvalue weighted by atomic mass is 10.00. The molecule has 116 valence electrons. The quantitative estimate of drug-likeness (QED) is 0.739. The number of hydrogen-bond acceptors (Lipinski definition) is 5. The average molecular weight is 302 g/mol. The van der Waals surface area contributed by atoms with Crippen molar-refractivity contribution < 1.29 is 24.9 Å². The lowest BCUT2D eigenvalue weighted by Crippen LogP contribution is -2.02. The zero-order valence-corrected chi connectivity index (χ0v) is 12.5. The Bertz CT molecular complexity index is 683. The largest absolute Gasteiger partial charge is 0.507 e. The zero-order valence-electron chi connectivity index (χ0n) is 12.5. The van der Waals surface area contributed by atoms with E-state index in [2.05, 4.69) is 0 Å². The number of phenolic OH excluding ortho intramolecular Hbond substituents is 3. The normalized spacial score (nSPS) is 10.5. The fourth-order valence-corrected chi connectivity index (χ4v) is 2.31. The number of methoxy groups -OCH3 is 1. The van der Waals surface area contributed by atoms with Crippen molar-refractivity contribution in [3.63, 3.8) is 0 Å². The molecule has 0 aliphatic rings. The minimum atomic E-state index is -0.356. The monoisotopic (exact) mass is 302 g/mol. The predicted molar refractivity (Wildman–Crippen MR) is 81.8 cm³/mol. The maximum absolute atomic E-state index is 12.2. The van der Waals surface area contributed by atoms with E-state index < -0.39 is 0 Å². The van der Waals surface area contributed by atoms with Crippen molar-refractivity contribution in [1.29, 1.82) is 0 Å². The lowest BCUT2D eigenvalue weighted by Gasteiger charge is -2.09. The molecule has 3 N–H and O–H groups in total. The molecular formula is C17H18O5. The molecule has 0 spiro atoms. The Kier molecular flexibility index (Phi) is 4.56. The highest BCUT2D eigenvalue weighted by Gasteiger charge is 2.17. The van der Waals surface area contributed by atoms with Crippen LogP contribution in [0.1, 0.15) is 27.9 Å². The molecule has 0 aliphatic carbocycles. The van der Waals surface area contributed by atoms with Gasteiger partial charge in [0.1, 0.15) is 17.1 Å². The van der Waals surface area contributed by atoms with E-state index in [1.807, 2.05) is 0 Å². The Morgan fingerprint density at radius 3 is 2.23 bits per heavy atom. The van der Waals surface area contributed by atoms with Crippen molar-refractivity contribution in [2.45, 2.75) is 19.8 Å². The fraction of sp³-hybridized carbons (Fsp3) is 0.235. The number of aromatic hydroxyl groups is 3. The van der Waals surface area contributed by atoms with Crippen molar-refractivity contribution in [3.05, 3.63) is 47.0 Å². The van der Waals surface area contributed by atoms with Gasteiger partial charge in [0.25, 0.3) is 0 Å². The second-order valence-corrected chi connectivity index (χ2v) is 5.11. The van der Waals surface area contributed by atoms with Gasteiger partial charge in [-0.1, -0.05) is 6.07 Å². The Labute approximate surface area is 128 Å². The zero-order chi connectivity index (χ0) is 16.3. The Balaban J connectivity index is 2.12. The van der Waals surface area contributed by atoms with Crippen LogP contribution < -0.4 is 4.74 Å². The summed E-state index contributed by atoms with van der Waals surface area (Å²) >= 11 is 0. The van der Waals surface area contributed by atoms with Gasteiger partial charge in [-0.2, -0.15) is 0 Å². The SMILES string of the molecule is COc1ccc(CCC(=O)c2c(O)cc(C)cc2O)cc1O. The summed E-state index contributed by atoms with van der Waals surface area (Å²) in [5.74, 6) is -0.428. The fourth-order valence-electron chi connectivity index (χ4n) is 2.31. The maximum Gasteiger partial charge on any atom is 0.170 e. The van der Waals surface area contributed by atoms with E-state index in [4.69, 9.17) is 4.74 Å². The summed E-state index contributed by atoms with van der Waals surface area (Å²) in [5, 5.41) is 29.3. The molecular weight excluding hydrogens is 284 g/mol. The highest BCUT2D eigenvalue weighted by atomic mass is 16.5. The number of Topliss-reactive ketones (excluding diaryl/α,β-unsaturated/α-hetero) is 1. The van der Waals surface area contributed by atoms with E-state index in [-0.39, 0.29) is 35.0 Å². The van der Waals surface area contributed by atoms with Gasteiger partial charge in [0, 0.05) is 6.42 Å². The standard InChI is InChI=1S/C17H18O5/c1-10-7-14(20)17(15(21)8-10)12(18)5-3-11-4-6-16(22-2)13(19)9-11/h4,6-9,19-21H,3,5H2,1-2H3. The van der Waals surface area contributed by atoms with Crippen LogP contribution in [0.4, 0.5) is 0 Å². The van der Waals surface area contributed by atoms with E-state index in [1.165, 1.54) is 25.3 Å². The average Bonchev–Trinajstić information content (AvgIpc) is 2.44. The van der Waals surface area contributed by atoms with Gasteiger partial charge in [0.05, 0.1) is 7.11 Å². The van der Waals surface area contributed by atoms with E-state index in [0.717, 1.165) is 5.56 Å². The van der Waals surface area contributed by atoms with Crippen LogP contribution in [0.2, 0.25) is 0 Å². The first-order valence-corrected chi connectivity index (χ1v) is 6.84. The molecule has 0 saturated heterocycles. The summed E-state index contributed by atoms with van der Waals surface area (Å²) in [7, 11) is 1.46. The van der Waals surface area contributed by atoms with Crippen LogP contribution in [0.5, 0.6) is 23.0 Å². The summed E-state index contributed by atoms with van der Waals surface area (Å²) < 4.78 is 4.95. The molecule has 0 bridgehead atoms. The molecule has 0 heterocycles. The predicted octanol–water partition coefficient (Wildman–Crippen LogP) is 2.94. The molecule has 22 heavy (non-hydrogen) atoms. The summed E-state index contributed by atoms with van der Waals surface area (Å²) in [5.41, 5.74) is 1.37. The molecule has 0 aliphatic heterocycles. The number of aryl methyl sites for hydroxylation is 2. The van der Waals surface area contributed by atoms with Gasteiger partial charge in [-0.25, -0.2) is 0 Å². The number of ketones is 1. The first-order chi connectivity index (χ1) is 10.4. The first-order valence-electron chi connectivity index (χ1n) is 6.84. The summed E-state index contributed by atoms with van der Waals surface area (Å²) in [6, 6.07) is 7.77. The van der Waals surface area contributed by atoms with Crippen LogP contribution in [-0.4, -0.2) is 28.2 Å². The van der Waals surface area contributed by atoms with Gasteiger partial charge < -0.3 is 20.1 Å². The molecule has 2 rings (SSSR count). The van der Waals surface area contributed by atoms with E-state index >= 15 is 0 Å². The highest BCUT2D eigenvalue weighted by Crippen LogP contribution is 2.31. The molecule has 0 radical (unpaired) electrons. The Morgan fingerprint density at radius 1 is 1.05 bits per heavy atom. The van der Waals surface area contributed by atoms with Gasteiger partial charge in [0.15, 0.2) is 17.3 Å². The van der Waals surface area contributed by atoms with Crippen LogP contribution in [0.15, 0.2) is 30.3 Å². The van der Waals surface area contributed by atoms with E-state index in [0.29, 0.717) is 17.7 Å². The molecule has 2 aromatic carbocycles. The molecule has 5 nitrogen and oxygen atoms in total. The van der Waals surface area contributed by atoms with Crippen molar-refractivity contribution in [3.8, 4) is 23.0 Å². The van der Waals surface area contributed by atoms with E-state index in [9.17, 15) is 20.1 Å². The molecule has 0 unspecified atom stereocenters. The van der Waals surface area contributed by atoms with Crippen LogP contribution in [0, 0.1) is 6.92 Å². The summed E-state index contributed by atoms with van der Waals surface area (Å²) in [4.78, 5) is 12.2. The minimum Gasteiger partial charge on any atom is -0.507 e. The molecule has 0 amide bonds. The van der Waals surface area contributed by atoms with E-state index in [1.54, 1.807) is 19.1 Å². The van der Waals surface area contributed by atoms with Crippen LogP contribution in [-0.2, 0) is 6.42 Å². The van der Waals surface area contributed by atoms with Crippen LogP contribution >= 0.6 is 0 Å². The number of phenols is 3. The number of carbonyl (C=O) groups excluding carboxylic acids is 1. The van der Waals surface area contributed by atoms with Crippen LogP contribution in [0.3, 0.4) is 0 Å². The molecule has 0 fully saturated rings. The van der Waals surface area contributed by atoms with Crippen LogP contribution in [0.25, 0.3) is 0 Å². The number of hydrogen-bond donors (Lipinski definition) is 3. The van der Waals surface area contributed by atoms with Crippen molar-refractivity contribution >= 4 is 5.78 Å². The molecule has 2 aromatic rings. The third-order valence-electron chi connectivity index (χ3n) is 3.40. The Hall–Kier alpha value is -2.69. The number of rotatable bonds is 5. The first kappa shape index (κ1) is 15.7. The summed E-state index contributed by atoms with van der Waals surface area (Å²) in [6.45, 7) is 1.72. The van der Waals surface area contributed by atoms with Gasteiger partial charge in [0.2, 0.25) is 0 Å². The van der Waals surface area contributed by atoms with Crippen molar-refractivity contribution in [2.24, 2.45) is 0 Å². The second-order valence-electron chi connectivity index (χ2n) is 5.11. The number of ether oxygens (including phenoxy) is 1. The third kappa shape index (κ3) is 3.31. The van der Waals surface area contributed by atoms with Gasteiger partial charge in [-0.05, 0) is 48.7 Å². The lowest BCUT2D eigenvalue weighted by molar-refractivity contribution is 0.0977. The topological polar surface area (TPSA) is 87.0 Å². The minimum absolute atomic E-state index is 0.00785. The van der Waals surface area contributed by atoms with Gasteiger partial charge in [-0.3, -0.25) is 4.79 Å². The molecule has 0 atom stereocenters. The number of benzene rings is 2. The molecule has 0 saturated carbocycles.